The normalized spacial score (nSPS) is 16.4. The number of hydrogen-bond acceptors (Lipinski definition) is 6. The van der Waals surface area contributed by atoms with E-state index in [1.807, 2.05) is 12.3 Å². The number of thiazole rings is 1. The molecule has 1 aliphatic carbocycles. The highest BCUT2D eigenvalue weighted by Gasteiger charge is 2.39. The van der Waals surface area contributed by atoms with Gasteiger partial charge in [-0.15, -0.1) is 16.4 Å². The van der Waals surface area contributed by atoms with E-state index in [1.165, 1.54) is 10.9 Å². The van der Waals surface area contributed by atoms with E-state index < -0.39 is 11.5 Å². The van der Waals surface area contributed by atoms with E-state index in [9.17, 15) is 9.59 Å². The number of carboxylic acid groups (broad SMARTS) is 1. The topological polar surface area (TPSA) is 110 Å². The lowest BCUT2D eigenvalue weighted by molar-refractivity contribution is -0.124. The standard InChI is InChI=1S/C14H17N5O3S/c1-9-8-23-13(15-9)14(4-2-3-5-14)16-11(20)7-19-6-10(12(21)22)17-18-19/h6,8H,2-5,7H2,1H3,(H,16,20)(H,21,22). The molecule has 0 bridgehead atoms. The molecule has 2 heterocycles. The van der Waals surface area contributed by atoms with Crippen LogP contribution in [0.1, 0.15) is 46.9 Å². The summed E-state index contributed by atoms with van der Waals surface area (Å²) in [6.45, 7) is 1.87. The highest BCUT2D eigenvalue weighted by atomic mass is 32.1. The predicted octanol–water partition coefficient (Wildman–Crippen LogP) is 1.33. The fourth-order valence-electron chi connectivity index (χ4n) is 2.87. The van der Waals surface area contributed by atoms with E-state index in [2.05, 4.69) is 20.6 Å². The fourth-order valence-corrected chi connectivity index (χ4v) is 3.88. The molecule has 0 aliphatic heterocycles. The lowest BCUT2D eigenvalue weighted by Gasteiger charge is -2.28. The van der Waals surface area contributed by atoms with Crippen LogP contribution in [0.4, 0.5) is 0 Å². The number of carbonyl (C=O) groups excluding carboxylic acids is 1. The van der Waals surface area contributed by atoms with Crippen LogP contribution >= 0.6 is 11.3 Å². The largest absolute Gasteiger partial charge is 0.476 e. The minimum Gasteiger partial charge on any atom is -0.476 e. The van der Waals surface area contributed by atoms with Crippen LogP contribution in [-0.4, -0.2) is 37.0 Å². The Hall–Kier alpha value is -2.29. The summed E-state index contributed by atoms with van der Waals surface area (Å²) in [4.78, 5) is 27.7. The summed E-state index contributed by atoms with van der Waals surface area (Å²) in [6.07, 6.45) is 5.07. The van der Waals surface area contributed by atoms with Gasteiger partial charge in [0.25, 0.3) is 0 Å². The Balaban J connectivity index is 1.72. The van der Waals surface area contributed by atoms with Gasteiger partial charge in [-0.2, -0.15) is 0 Å². The van der Waals surface area contributed by atoms with Gasteiger partial charge in [0.2, 0.25) is 5.91 Å². The maximum Gasteiger partial charge on any atom is 0.358 e. The zero-order valence-corrected chi connectivity index (χ0v) is 13.5. The van der Waals surface area contributed by atoms with Gasteiger partial charge in [-0.3, -0.25) is 4.79 Å². The molecule has 1 fully saturated rings. The second-order valence-corrected chi connectivity index (χ2v) is 6.60. The summed E-state index contributed by atoms with van der Waals surface area (Å²) < 4.78 is 1.23. The molecule has 9 heteroatoms. The molecule has 1 amide bonds. The van der Waals surface area contributed by atoms with Crippen LogP contribution in [0.25, 0.3) is 0 Å². The third-order valence-corrected chi connectivity index (χ3v) is 5.09. The first-order valence-corrected chi connectivity index (χ1v) is 8.23. The van der Waals surface area contributed by atoms with E-state index in [0.717, 1.165) is 36.4 Å². The van der Waals surface area contributed by atoms with E-state index in [4.69, 9.17) is 5.11 Å². The Kier molecular flexibility index (Phi) is 4.12. The molecular formula is C14H17N5O3S. The summed E-state index contributed by atoms with van der Waals surface area (Å²) in [5.41, 5.74) is 0.364. The quantitative estimate of drug-likeness (QED) is 0.853. The van der Waals surface area contributed by atoms with Crippen LogP contribution in [0, 0.1) is 6.92 Å². The molecule has 0 spiro atoms. The molecule has 2 aromatic rings. The molecular weight excluding hydrogens is 318 g/mol. The number of amides is 1. The van der Waals surface area contributed by atoms with Crippen molar-refractivity contribution in [2.75, 3.05) is 0 Å². The summed E-state index contributed by atoms with van der Waals surface area (Å²) in [5, 5.41) is 22.0. The first-order chi connectivity index (χ1) is 11.0. The maximum atomic E-state index is 12.4. The molecule has 23 heavy (non-hydrogen) atoms. The van der Waals surface area contributed by atoms with Crippen LogP contribution in [0.3, 0.4) is 0 Å². The van der Waals surface area contributed by atoms with Crippen LogP contribution < -0.4 is 5.32 Å². The number of aryl methyl sites for hydroxylation is 1. The number of hydrogen-bond donors (Lipinski definition) is 2. The molecule has 2 N–H and O–H groups in total. The van der Waals surface area contributed by atoms with Crippen molar-refractivity contribution in [3.05, 3.63) is 28.0 Å². The number of rotatable bonds is 5. The number of aromatic nitrogens is 4. The molecule has 0 radical (unpaired) electrons. The lowest BCUT2D eigenvalue weighted by Crippen LogP contribution is -2.45. The van der Waals surface area contributed by atoms with Crippen LogP contribution in [0.15, 0.2) is 11.6 Å². The molecule has 2 aromatic heterocycles. The van der Waals surface area contributed by atoms with Gasteiger partial charge in [-0.1, -0.05) is 18.1 Å². The number of aromatic carboxylic acids is 1. The van der Waals surface area contributed by atoms with Gasteiger partial charge in [-0.05, 0) is 19.8 Å². The van der Waals surface area contributed by atoms with Gasteiger partial charge < -0.3 is 10.4 Å². The summed E-state index contributed by atoms with van der Waals surface area (Å²) in [6, 6.07) is 0. The fraction of sp³-hybridized carbons (Fsp3) is 0.500. The second kappa shape index (κ2) is 6.07. The average Bonchev–Trinajstić information content (AvgIpc) is 3.19. The van der Waals surface area contributed by atoms with Gasteiger partial charge in [0.15, 0.2) is 5.69 Å². The minimum absolute atomic E-state index is 0.0631. The zero-order chi connectivity index (χ0) is 16.4. The van der Waals surface area contributed by atoms with Crippen molar-refractivity contribution in [1.29, 1.82) is 0 Å². The maximum absolute atomic E-state index is 12.4. The van der Waals surface area contributed by atoms with Crippen molar-refractivity contribution in [3.63, 3.8) is 0 Å². The van der Waals surface area contributed by atoms with Crippen molar-refractivity contribution in [2.45, 2.75) is 44.7 Å². The van der Waals surface area contributed by atoms with Crippen molar-refractivity contribution >= 4 is 23.2 Å². The minimum atomic E-state index is -1.16. The molecule has 122 valence electrons. The monoisotopic (exact) mass is 335 g/mol. The Morgan fingerprint density at radius 1 is 1.43 bits per heavy atom. The molecule has 8 nitrogen and oxygen atoms in total. The molecule has 1 aliphatic rings. The number of carboxylic acids is 1. The van der Waals surface area contributed by atoms with Gasteiger partial charge in [0, 0.05) is 11.1 Å². The Labute approximate surface area is 136 Å². The Morgan fingerprint density at radius 3 is 2.74 bits per heavy atom. The summed E-state index contributed by atoms with van der Waals surface area (Å²) in [7, 11) is 0. The molecule has 0 saturated heterocycles. The average molecular weight is 335 g/mol. The molecule has 1 saturated carbocycles. The molecule has 0 aromatic carbocycles. The van der Waals surface area contributed by atoms with Crippen LogP contribution in [-0.2, 0) is 16.9 Å². The summed E-state index contributed by atoms with van der Waals surface area (Å²) in [5.74, 6) is -1.39. The van der Waals surface area contributed by atoms with Crippen LogP contribution in [0.2, 0.25) is 0 Å². The van der Waals surface area contributed by atoms with Gasteiger partial charge in [-0.25, -0.2) is 14.5 Å². The number of carbonyl (C=O) groups is 2. The second-order valence-electron chi connectivity index (χ2n) is 5.74. The van der Waals surface area contributed by atoms with Crippen molar-refractivity contribution < 1.29 is 14.7 Å². The van der Waals surface area contributed by atoms with Gasteiger partial charge in [0.1, 0.15) is 11.6 Å². The molecule has 0 atom stereocenters. The van der Waals surface area contributed by atoms with Crippen molar-refractivity contribution in [1.82, 2.24) is 25.3 Å². The van der Waals surface area contributed by atoms with E-state index in [-0.39, 0.29) is 18.1 Å². The SMILES string of the molecule is Cc1csc(C2(NC(=O)Cn3cc(C(=O)O)nn3)CCCC2)n1. The van der Waals surface area contributed by atoms with Crippen molar-refractivity contribution in [2.24, 2.45) is 0 Å². The highest BCUT2D eigenvalue weighted by Crippen LogP contribution is 2.40. The smallest absolute Gasteiger partial charge is 0.358 e. The van der Waals surface area contributed by atoms with E-state index in [1.54, 1.807) is 11.3 Å². The Bertz CT molecular complexity index is 732. The Morgan fingerprint density at radius 2 is 2.17 bits per heavy atom. The predicted molar refractivity (Wildman–Crippen MR) is 82.1 cm³/mol. The van der Waals surface area contributed by atoms with Crippen LogP contribution in [0.5, 0.6) is 0 Å². The third-order valence-electron chi connectivity index (χ3n) is 3.93. The van der Waals surface area contributed by atoms with E-state index >= 15 is 0 Å². The highest BCUT2D eigenvalue weighted by molar-refractivity contribution is 7.09. The van der Waals surface area contributed by atoms with Gasteiger partial charge >= 0.3 is 5.97 Å². The zero-order valence-electron chi connectivity index (χ0n) is 12.7. The lowest BCUT2D eigenvalue weighted by atomic mass is 9.98. The number of nitrogens with zero attached hydrogens (tertiary/aromatic N) is 4. The molecule has 0 unspecified atom stereocenters. The van der Waals surface area contributed by atoms with E-state index in [0.29, 0.717) is 0 Å². The van der Waals surface area contributed by atoms with Crippen molar-refractivity contribution in [3.8, 4) is 0 Å². The summed E-state index contributed by atoms with van der Waals surface area (Å²) >= 11 is 1.56. The first-order valence-electron chi connectivity index (χ1n) is 7.35. The number of nitrogens with one attached hydrogen (secondary N) is 1. The first kappa shape index (κ1) is 15.6. The molecule has 3 rings (SSSR count). The third kappa shape index (κ3) is 3.24. The van der Waals surface area contributed by atoms with Gasteiger partial charge in [0.05, 0.1) is 11.7 Å².